The van der Waals surface area contributed by atoms with Gasteiger partial charge in [0.2, 0.25) is 5.91 Å². The molecule has 9 heteroatoms. The van der Waals surface area contributed by atoms with Crippen molar-refractivity contribution < 1.29 is 9.59 Å². The maximum absolute atomic E-state index is 11.8. The number of aromatic nitrogens is 3. The van der Waals surface area contributed by atoms with Crippen molar-refractivity contribution in [2.75, 3.05) is 10.6 Å². The molecule has 2 aromatic heterocycles. The van der Waals surface area contributed by atoms with Crippen LogP contribution in [-0.2, 0) is 4.79 Å². The number of nitrogens with two attached hydrogens (primary N) is 2. The average molecular weight is 393 g/mol. The van der Waals surface area contributed by atoms with Gasteiger partial charge in [-0.05, 0) is 17.5 Å². The van der Waals surface area contributed by atoms with E-state index in [1.807, 2.05) is 51.1 Å². The zero-order chi connectivity index (χ0) is 21.2. The molecule has 3 rings (SSSR count). The van der Waals surface area contributed by atoms with Gasteiger partial charge in [-0.15, -0.1) is 0 Å². The fourth-order valence-corrected chi connectivity index (χ4v) is 2.86. The Morgan fingerprint density at radius 2 is 1.79 bits per heavy atom. The van der Waals surface area contributed by atoms with Gasteiger partial charge in [-0.2, -0.15) is 0 Å². The first-order valence-electron chi connectivity index (χ1n) is 8.99. The van der Waals surface area contributed by atoms with Gasteiger partial charge in [0.15, 0.2) is 11.5 Å². The lowest BCUT2D eigenvalue weighted by atomic mass is 9.86. The van der Waals surface area contributed by atoms with Crippen LogP contribution in [0.25, 0.3) is 10.9 Å². The Bertz CT molecular complexity index is 1080. The Kier molecular flexibility index (Phi) is 5.31. The molecule has 29 heavy (non-hydrogen) atoms. The Balaban J connectivity index is 1.96. The number of carbonyl (C=O) groups excluding carboxylic acids is 2. The van der Waals surface area contributed by atoms with E-state index in [0.29, 0.717) is 5.69 Å². The van der Waals surface area contributed by atoms with Gasteiger partial charge in [-0.1, -0.05) is 39.0 Å². The first kappa shape index (κ1) is 20.0. The van der Waals surface area contributed by atoms with Gasteiger partial charge in [0.05, 0.1) is 23.6 Å². The molecule has 150 valence electrons. The monoisotopic (exact) mass is 393 g/mol. The molecule has 0 aliphatic rings. The molecule has 1 atom stereocenters. The van der Waals surface area contributed by atoms with E-state index >= 15 is 0 Å². The number of pyridine rings is 1. The molecule has 3 aromatic rings. The number of rotatable bonds is 6. The summed E-state index contributed by atoms with van der Waals surface area (Å²) in [5.41, 5.74) is 11.9. The standard InChI is InChI=1S/C20H23N7O2/c1-20(2,3)16(18(22)29)26-14-10-24-15(17(21)28)19(27-14)25-12-8-11-6-4-5-7-13(11)23-9-12/h4-10,16H,1-3H3,(H2,21,28)(H2,22,29)(H2,25,26,27). The predicted molar refractivity (Wildman–Crippen MR) is 112 cm³/mol. The predicted octanol–water partition coefficient (Wildman–Crippen LogP) is 2.18. The Morgan fingerprint density at radius 3 is 2.45 bits per heavy atom. The summed E-state index contributed by atoms with van der Waals surface area (Å²) in [7, 11) is 0. The summed E-state index contributed by atoms with van der Waals surface area (Å²) >= 11 is 0. The molecule has 0 saturated heterocycles. The summed E-state index contributed by atoms with van der Waals surface area (Å²) < 4.78 is 0. The van der Waals surface area contributed by atoms with Crippen LogP contribution in [0.3, 0.4) is 0 Å². The number of fused-ring (bicyclic) bond motifs is 1. The summed E-state index contributed by atoms with van der Waals surface area (Å²) in [5, 5.41) is 6.94. The number of primary amides is 2. The van der Waals surface area contributed by atoms with Crippen LogP contribution in [0, 0.1) is 5.41 Å². The normalized spacial score (nSPS) is 12.4. The Morgan fingerprint density at radius 1 is 1.07 bits per heavy atom. The molecule has 0 radical (unpaired) electrons. The molecule has 0 fully saturated rings. The van der Waals surface area contributed by atoms with Gasteiger partial charge in [0.1, 0.15) is 11.9 Å². The van der Waals surface area contributed by atoms with E-state index in [1.54, 1.807) is 6.20 Å². The highest BCUT2D eigenvalue weighted by Gasteiger charge is 2.30. The molecule has 1 aromatic carbocycles. The van der Waals surface area contributed by atoms with Gasteiger partial charge >= 0.3 is 0 Å². The SMILES string of the molecule is CC(C)(C)C(Nc1cnc(C(N)=O)c(Nc2cnc3ccccc3c2)n1)C(N)=O. The smallest absolute Gasteiger partial charge is 0.271 e. The third kappa shape index (κ3) is 4.57. The molecular formula is C20H23N7O2. The third-order valence-corrected chi connectivity index (χ3v) is 4.30. The van der Waals surface area contributed by atoms with Gasteiger partial charge in [0, 0.05) is 5.39 Å². The van der Waals surface area contributed by atoms with Gasteiger partial charge < -0.3 is 22.1 Å². The second kappa shape index (κ2) is 7.70. The first-order valence-corrected chi connectivity index (χ1v) is 8.99. The molecule has 2 amide bonds. The number of nitrogens with one attached hydrogen (secondary N) is 2. The van der Waals surface area contributed by atoms with Crippen molar-refractivity contribution in [3.05, 3.63) is 48.4 Å². The minimum atomic E-state index is -0.734. The molecule has 0 bridgehead atoms. The third-order valence-electron chi connectivity index (χ3n) is 4.30. The van der Waals surface area contributed by atoms with Crippen molar-refractivity contribution in [2.24, 2.45) is 16.9 Å². The van der Waals surface area contributed by atoms with Crippen LogP contribution in [0.4, 0.5) is 17.3 Å². The van der Waals surface area contributed by atoms with E-state index < -0.39 is 23.3 Å². The van der Waals surface area contributed by atoms with Crippen molar-refractivity contribution in [1.82, 2.24) is 15.0 Å². The van der Waals surface area contributed by atoms with Crippen molar-refractivity contribution in [3.63, 3.8) is 0 Å². The zero-order valence-corrected chi connectivity index (χ0v) is 16.4. The van der Waals surface area contributed by atoms with E-state index in [9.17, 15) is 9.59 Å². The maximum atomic E-state index is 11.8. The van der Waals surface area contributed by atoms with Crippen LogP contribution in [0.1, 0.15) is 31.3 Å². The first-order chi connectivity index (χ1) is 13.6. The summed E-state index contributed by atoms with van der Waals surface area (Å²) in [6.07, 6.45) is 2.96. The largest absolute Gasteiger partial charge is 0.368 e. The van der Waals surface area contributed by atoms with Crippen LogP contribution >= 0.6 is 0 Å². The zero-order valence-electron chi connectivity index (χ0n) is 16.4. The molecule has 6 N–H and O–H groups in total. The molecule has 0 aliphatic heterocycles. The molecule has 0 aliphatic carbocycles. The molecule has 1 unspecified atom stereocenters. The topological polar surface area (TPSA) is 149 Å². The molecular weight excluding hydrogens is 370 g/mol. The number of amides is 2. The fourth-order valence-electron chi connectivity index (χ4n) is 2.86. The summed E-state index contributed by atoms with van der Waals surface area (Å²) in [5.74, 6) is -0.823. The van der Waals surface area contributed by atoms with Crippen LogP contribution < -0.4 is 22.1 Å². The van der Waals surface area contributed by atoms with E-state index in [0.717, 1.165) is 10.9 Å². The van der Waals surface area contributed by atoms with Gasteiger partial charge in [-0.25, -0.2) is 9.97 Å². The quantitative estimate of drug-likeness (QED) is 0.501. The van der Waals surface area contributed by atoms with Crippen LogP contribution in [0.2, 0.25) is 0 Å². The highest BCUT2D eigenvalue weighted by atomic mass is 16.1. The lowest BCUT2D eigenvalue weighted by Gasteiger charge is -2.29. The van der Waals surface area contributed by atoms with Crippen molar-refractivity contribution in [1.29, 1.82) is 0 Å². The van der Waals surface area contributed by atoms with Gasteiger partial charge in [0.25, 0.3) is 5.91 Å². The van der Waals surface area contributed by atoms with E-state index in [-0.39, 0.29) is 17.3 Å². The second-order valence-corrected chi connectivity index (χ2v) is 7.70. The number of benzene rings is 1. The van der Waals surface area contributed by atoms with Crippen molar-refractivity contribution >= 4 is 40.0 Å². The number of para-hydroxylation sites is 1. The number of carbonyl (C=O) groups is 2. The maximum Gasteiger partial charge on any atom is 0.271 e. The summed E-state index contributed by atoms with van der Waals surface area (Å²) in [6.45, 7) is 5.63. The molecule has 9 nitrogen and oxygen atoms in total. The van der Waals surface area contributed by atoms with Crippen LogP contribution in [0.15, 0.2) is 42.7 Å². The summed E-state index contributed by atoms with van der Waals surface area (Å²) in [4.78, 5) is 36.5. The Hall–Kier alpha value is -3.75. The number of hydrogen-bond acceptors (Lipinski definition) is 7. The minimum Gasteiger partial charge on any atom is -0.368 e. The molecule has 0 saturated carbocycles. The Labute approximate surface area is 167 Å². The van der Waals surface area contributed by atoms with E-state index in [2.05, 4.69) is 25.6 Å². The molecule has 0 spiro atoms. The van der Waals surface area contributed by atoms with Crippen molar-refractivity contribution in [2.45, 2.75) is 26.8 Å². The summed E-state index contributed by atoms with van der Waals surface area (Å²) in [6, 6.07) is 8.81. The van der Waals surface area contributed by atoms with Crippen LogP contribution in [0.5, 0.6) is 0 Å². The van der Waals surface area contributed by atoms with E-state index in [1.165, 1.54) is 6.20 Å². The van der Waals surface area contributed by atoms with E-state index in [4.69, 9.17) is 11.5 Å². The van der Waals surface area contributed by atoms with Gasteiger partial charge in [-0.3, -0.25) is 14.6 Å². The molecule has 2 heterocycles. The second-order valence-electron chi connectivity index (χ2n) is 7.70. The number of nitrogens with zero attached hydrogens (tertiary/aromatic N) is 3. The average Bonchev–Trinajstić information content (AvgIpc) is 2.65. The van der Waals surface area contributed by atoms with Crippen molar-refractivity contribution in [3.8, 4) is 0 Å². The minimum absolute atomic E-state index is 0.0323. The lowest BCUT2D eigenvalue weighted by molar-refractivity contribution is -0.120. The van der Waals surface area contributed by atoms with Crippen LogP contribution in [-0.4, -0.2) is 32.8 Å². The highest BCUT2D eigenvalue weighted by molar-refractivity contribution is 5.96. The lowest BCUT2D eigenvalue weighted by Crippen LogP contribution is -2.45. The number of anilines is 3. The highest BCUT2D eigenvalue weighted by Crippen LogP contribution is 2.25. The number of hydrogen-bond donors (Lipinski definition) is 4. The fraction of sp³-hybridized carbons (Fsp3) is 0.250.